The number of methoxy groups -OCH3 is 1. The molecule has 2 aromatic rings. The summed E-state index contributed by atoms with van der Waals surface area (Å²) in [6.07, 6.45) is 1.39. The second-order valence-electron chi connectivity index (χ2n) is 7.85. The molecule has 1 atom stereocenters. The van der Waals surface area contributed by atoms with Gasteiger partial charge >= 0.3 is 0 Å². The van der Waals surface area contributed by atoms with Crippen molar-refractivity contribution in [2.24, 2.45) is 0 Å². The molecule has 2 amide bonds. The maximum Gasteiger partial charge on any atom is 0.244 e. The smallest absolute Gasteiger partial charge is 0.244 e. The maximum atomic E-state index is 13.6. The molecule has 8 nitrogen and oxygen atoms in total. The van der Waals surface area contributed by atoms with Crippen molar-refractivity contribution in [3.8, 4) is 5.75 Å². The van der Waals surface area contributed by atoms with Crippen molar-refractivity contribution in [1.29, 1.82) is 0 Å². The molecule has 0 saturated carbocycles. The molecule has 0 heterocycles. The number of anilines is 1. The number of hydrogen-bond acceptors (Lipinski definition) is 5. The van der Waals surface area contributed by atoms with Gasteiger partial charge < -0.3 is 15.0 Å². The van der Waals surface area contributed by atoms with Gasteiger partial charge in [-0.15, -0.1) is 0 Å². The van der Waals surface area contributed by atoms with Gasteiger partial charge in [0.1, 0.15) is 18.3 Å². The Kier molecular flexibility index (Phi) is 9.76. The van der Waals surface area contributed by atoms with E-state index in [2.05, 4.69) is 5.32 Å². The molecule has 1 N–H and O–H groups in total. The Hall–Kier alpha value is -2.78. The van der Waals surface area contributed by atoms with Crippen LogP contribution < -0.4 is 14.4 Å². The van der Waals surface area contributed by atoms with Gasteiger partial charge in [-0.3, -0.25) is 13.9 Å². The Morgan fingerprint density at radius 1 is 1.15 bits per heavy atom. The second-order valence-corrected chi connectivity index (χ2v) is 10.2. The number of carbonyl (C=O) groups excluding carboxylic acids is 2. The van der Waals surface area contributed by atoms with E-state index in [0.717, 1.165) is 16.1 Å². The summed E-state index contributed by atoms with van der Waals surface area (Å²) in [5, 5.41) is 3.15. The molecule has 10 heteroatoms. The van der Waals surface area contributed by atoms with Crippen LogP contribution in [0.4, 0.5) is 5.69 Å². The van der Waals surface area contributed by atoms with Gasteiger partial charge in [0.25, 0.3) is 0 Å². The topological polar surface area (TPSA) is 96.0 Å². The lowest BCUT2D eigenvalue weighted by atomic mass is 10.1. The number of benzene rings is 2. The lowest BCUT2D eigenvalue weighted by Crippen LogP contribution is -2.52. The number of rotatable bonds is 11. The van der Waals surface area contributed by atoms with E-state index in [4.69, 9.17) is 16.3 Å². The standard InChI is InChI=1S/C24H32ClN3O5S/c1-6-21(24(30)26-7-2)27(15-18-10-8-11-19(14-18)33-4)23(29)16-28(34(5,31)32)22-13-9-12-20(25)17(22)3/h8-14,21H,6-7,15-16H2,1-5H3,(H,26,30)/t21-/m0/s1. The van der Waals surface area contributed by atoms with E-state index in [1.54, 1.807) is 64.3 Å². The molecule has 34 heavy (non-hydrogen) atoms. The minimum atomic E-state index is -3.83. The molecule has 0 spiro atoms. The Morgan fingerprint density at radius 3 is 2.41 bits per heavy atom. The molecular formula is C24H32ClN3O5S. The van der Waals surface area contributed by atoms with Gasteiger partial charge in [-0.2, -0.15) is 0 Å². The van der Waals surface area contributed by atoms with Crippen LogP contribution in [0.25, 0.3) is 0 Å². The number of amides is 2. The Balaban J connectivity index is 2.49. The number of ether oxygens (including phenoxy) is 1. The molecule has 0 aliphatic heterocycles. The number of nitrogens with zero attached hydrogens (tertiary/aromatic N) is 2. The predicted molar refractivity (Wildman–Crippen MR) is 135 cm³/mol. The first-order valence-electron chi connectivity index (χ1n) is 11.0. The monoisotopic (exact) mass is 509 g/mol. The Labute approximate surface area is 206 Å². The summed E-state index contributed by atoms with van der Waals surface area (Å²) in [4.78, 5) is 27.8. The van der Waals surface area contributed by atoms with Crippen molar-refractivity contribution in [2.75, 3.05) is 30.8 Å². The van der Waals surface area contributed by atoms with Crippen molar-refractivity contribution < 1.29 is 22.7 Å². The van der Waals surface area contributed by atoms with Gasteiger partial charge in [0.2, 0.25) is 21.8 Å². The molecule has 0 unspecified atom stereocenters. The molecule has 0 saturated heterocycles. The normalized spacial score (nSPS) is 12.1. The van der Waals surface area contributed by atoms with Crippen LogP contribution in [0.15, 0.2) is 42.5 Å². The molecular weight excluding hydrogens is 478 g/mol. The number of sulfonamides is 1. The first kappa shape index (κ1) is 27.5. The third kappa shape index (κ3) is 6.87. The third-order valence-electron chi connectivity index (χ3n) is 5.41. The third-order valence-corrected chi connectivity index (χ3v) is 6.95. The summed E-state index contributed by atoms with van der Waals surface area (Å²) in [7, 11) is -2.28. The van der Waals surface area contributed by atoms with Gasteiger partial charge in [-0.25, -0.2) is 8.42 Å². The average Bonchev–Trinajstić information content (AvgIpc) is 2.79. The number of carbonyl (C=O) groups is 2. The van der Waals surface area contributed by atoms with Crippen LogP contribution in [0.5, 0.6) is 5.75 Å². The van der Waals surface area contributed by atoms with Crippen molar-refractivity contribution in [1.82, 2.24) is 10.2 Å². The van der Waals surface area contributed by atoms with Gasteiger partial charge in [-0.1, -0.05) is 36.7 Å². The highest BCUT2D eigenvalue weighted by Gasteiger charge is 2.32. The highest BCUT2D eigenvalue weighted by atomic mass is 35.5. The summed E-state index contributed by atoms with van der Waals surface area (Å²) in [5.74, 6) is -0.194. The maximum absolute atomic E-state index is 13.6. The number of likely N-dealkylation sites (N-methyl/N-ethyl adjacent to an activating group) is 1. The molecule has 0 aliphatic carbocycles. The Morgan fingerprint density at radius 2 is 1.82 bits per heavy atom. The zero-order chi connectivity index (χ0) is 25.5. The first-order valence-corrected chi connectivity index (χ1v) is 13.2. The van der Waals surface area contributed by atoms with Crippen molar-refractivity contribution in [3.05, 3.63) is 58.6 Å². The average molecular weight is 510 g/mol. The molecule has 0 fully saturated rings. The molecule has 0 aromatic heterocycles. The van der Waals surface area contributed by atoms with E-state index < -0.39 is 28.5 Å². The highest BCUT2D eigenvalue weighted by molar-refractivity contribution is 7.92. The van der Waals surface area contributed by atoms with Crippen LogP contribution in [-0.2, 0) is 26.2 Å². The number of nitrogens with one attached hydrogen (secondary N) is 1. The van der Waals surface area contributed by atoms with Crippen LogP contribution in [-0.4, -0.2) is 57.6 Å². The molecule has 0 aliphatic rings. The van der Waals surface area contributed by atoms with Crippen molar-refractivity contribution in [2.45, 2.75) is 39.8 Å². The molecule has 2 aromatic carbocycles. The molecule has 2 rings (SSSR count). The fourth-order valence-corrected chi connectivity index (χ4v) is 4.71. The van der Waals surface area contributed by atoms with Crippen molar-refractivity contribution in [3.63, 3.8) is 0 Å². The number of halogens is 1. The van der Waals surface area contributed by atoms with E-state index in [0.29, 0.717) is 35.0 Å². The lowest BCUT2D eigenvalue weighted by molar-refractivity contribution is -0.140. The SMILES string of the molecule is CCNC(=O)[C@H](CC)N(Cc1cccc(OC)c1)C(=O)CN(c1cccc(Cl)c1C)S(C)(=O)=O. The zero-order valence-electron chi connectivity index (χ0n) is 20.2. The molecule has 0 bridgehead atoms. The summed E-state index contributed by atoms with van der Waals surface area (Å²) < 4.78 is 31.7. The van der Waals surface area contributed by atoms with Crippen LogP contribution >= 0.6 is 11.6 Å². The minimum absolute atomic E-state index is 0.109. The van der Waals surface area contributed by atoms with Gasteiger partial charge in [0.05, 0.1) is 19.1 Å². The lowest BCUT2D eigenvalue weighted by Gasteiger charge is -2.33. The van der Waals surface area contributed by atoms with Gasteiger partial charge in [0, 0.05) is 18.1 Å². The van der Waals surface area contributed by atoms with Gasteiger partial charge in [0.15, 0.2) is 0 Å². The largest absolute Gasteiger partial charge is 0.497 e. The van der Waals surface area contributed by atoms with E-state index >= 15 is 0 Å². The quantitative estimate of drug-likeness (QED) is 0.501. The highest BCUT2D eigenvalue weighted by Crippen LogP contribution is 2.28. The Bertz CT molecular complexity index is 1120. The zero-order valence-corrected chi connectivity index (χ0v) is 21.7. The summed E-state index contributed by atoms with van der Waals surface area (Å²) in [6.45, 7) is 5.34. The number of hydrogen-bond donors (Lipinski definition) is 1. The van der Waals surface area contributed by atoms with Crippen molar-refractivity contribution >= 4 is 39.1 Å². The summed E-state index contributed by atoms with van der Waals surface area (Å²) >= 11 is 6.21. The minimum Gasteiger partial charge on any atom is -0.497 e. The fourth-order valence-electron chi connectivity index (χ4n) is 3.64. The molecule has 186 valence electrons. The van der Waals surface area contributed by atoms with Crippen LogP contribution in [0.2, 0.25) is 5.02 Å². The van der Waals surface area contributed by atoms with Crippen LogP contribution in [0.1, 0.15) is 31.4 Å². The summed E-state index contributed by atoms with van der Waals surface area (Å²) in [6, 6.07) is 11.3. The first-order chi connectivity index (χ1) is 16.0. The van der Waals surface area contributed by atoms with Gasteiger partial charge in [-0.05, 0) is 55.7 Å². The van der Waals surface area contributed by atoms with E-state index in [-0.39, 0.29) is 12.5 Å². The predicted octanol–water partition coefficient (Wildman–Crippen LogP) is 3.37. The van der Waals surface area contributed by atoms with E-state index in [9.17, 15) is 18.0 Å². The fraction of sp³-hybridized carbons (Fsp3) is 0.417. The van der Waals surface area contributed by atoms with Crippen LogP contribution in [0.3, 0.4) is 0 Å². The molecule has 0 radical (unpaired) electrons. The summed E-state index contributed by atoms with van der Waals surface area (Å²) in [5.41, 5.74) is 1.61. The van der Waals surface area contributed by atoms with Crippen LogP contribution in [0, 0.1) is 6.92 Å². The van der Waals surface area contributed by atoms with E-state index in [1.807, 2.05) is 6.07 Å². The second kappa shape index (κ2) is 12.1. The van der Waals surface area contributed by atoms with E-state index in [1.165, 1.54) is 4.90 Å².